The standard InChI is InChI=1S/C18H32N4O3/c1-14(2)6-11-24-13-10-22-18(19-4)21-9-5-8-20-17(23)16-15(3)7-12-25-16/h7,12,14H,5-6,8-11,13H2,1-4H3,(H,20,23)(H2,19,21,22). The predicted molar refractivity (Wildman–Crippen MR) is 100 cm³/mol. The molecular weight excluding hydrogens is 320 g/mol. The molecule has 3 N–H and O–H groups in total. The van der Waals surface area contributed by atoms with Gasteiger partial charge in [0.05, 0.1) is 12.9 Å². The highest BCUT2D eigenvalue weighted by Crippen LogP contribution is 2.07. The lowest BCUT2D eigenvalue weighted by Crippen LogP contribution is -2.40. The quantitative estimate of drug-likeness (QED) is 0.322. The summed E-state index contributed by atoms with van der Waals surface area (Å²) in [5.41, 5.74) is 0.843. The van der Waals surface area contributed by atoms with E-state index < -0.39 is 0 Å². The summed E-state index contributed by atoms with van der Waals surface area (Å²) in [6.07, 6.45) is 3.39. The van der Waals surface area contributed by atoms with E-state index in [0.717, 1.165) is 31.0 Å². The Balaban J connectivity index is 2.05. The van der Waals surface area contributed by atoms with Crippen molar-refractivity contribution in [3.05, 3.63) is 23.7 Å². The van der Waals surface area contributed by atoms with Crippen LogP contribution in [0.4, 0.5) is 0 Å². The Morgan fingerprint density at radius 2 is 1.92 bits per heavy atom. The predicted octanol–water partition coefficient (Wildman–Crippen LogP) is 1.94. The van der Waals surface area contributed by atoms with Gasteiger partial charge in [0, 0.05) is 38.9 Å². The highest BCUT2D eigenvalue weighted by Gasteiger charge is 2.11. The Morgan fingerprint density at radius 3 is 2.56 bits per heavy atom. The van der Waals surface area contributed by atoms with Crippen molar-refractivity contribution in [3.8, 4) is 0 Å². The third-order valence-electron chi connectivity index (χ3n) is 3.60. The van der Waals surface area contributed by atoms with Crippen molar-refractivity contribution in [2.75, 3.05) is 39.9 Å². The highest BCUT2D eigenvalue weighted by atomic mass is 16.5. The maximum absolute atomic E-state index is 11.9. The van der Waals surface area contributed by atoms with Crippen molar-refractivity contribution >= 4 is 11.9 Å². The zero-order valence-electron chi connectivity index (χ0n) is 15.9. The van der Waals surface area contributed by atoms with E-state index in [1.54, 1.807) is 13.1 Å². The monoisotopic (exact) mass is 352 g/mol. The number of carbonyl (C=O) groups is 1. The van der Waals surface area contributed by atoms with Gasteiger partial charge in [0.2, 0.25) is 0 Å². The summed E-state index contributed by atoms with van der Waals surface area (Å²) < 4.78 is 10.7. The molecule has 0 saturated carbocycles. The number of guanidine groups is 1. The Morgan fingerprint density at radius 1 is 1.20 bits per heavy atom. The molecule has 0 radical (unpaired) electrons. The summed E-state index contributed by atoms with van der Waals surface area (Å²) in [6, 6.07) is 1.78. The van der Waals surface area contributed by atoms with Gasteiger partial charge in [-0.15, -0.1) is 0 Å². The molecule has 0 unspecified atom stereocenters. The van der Waals surface area contributed by atoms with Crippen LogP contribution in [0.15, 0.2) is 21.7 Å². The number of nitrogens with zero attached hydrogens (tertiary/aromatic N) is 1. The van der Waals surface area contributed by atoms with Crippen LogP contribution in [-0.2, 0) is 4.74 Å². The van der Waals surface area contributed by atoms with Crippen molar-refractivity contribution in [3.63, 3.8) is 0 Å². The van der Waals surface area contributed by atoms with E-state index in [1.807, 2.05) is 6.92 Å². The van der Waals surface area contributed by atoms with E-state index in [0.29, 0.717) is 37.9 Å². The number of carbonyl (C=O) groups excluding carboxylic acids is 1. The summed E-state index contributed by atoms with van der Waals surface area (Å²) in [6.45, 7) is 9.67. The molecule has 25 heavy (non-hydrogen) atoms. The molecule has 0 spiro atoms. The second-order valence-corrected chi connectivity index (χ2v) is 6.26. The second-order valence-electron chi connectivity index (χ2n) is 6.26. The molecule has 0 bridgehead atoms. The average molecular weight is 352 g/mol. The number of ether oxygens (including phenoxy) is 1. The van der Waals surface area contributed by atoms with E-state index in [2.05, 4.69) is 34.8 Å². The van der Waals surface area contributed by atoms with Gasteiger partial charge in [0.25, 0.3) is 5.91 Å². The molecule has 0 aliphatic heterocycles. The lowest BCUT2D eigenvalue weighted by atomic mass is 10.1. The van der Waals surface area contributed by atoms with E-state index in [9.17, 15) is 4.79 Å². The molecule has 7 nitrogen and oxygen atoms in total. The summed E-state index contributed by atoms with van der Waals surface area (Å²) >= 11 is 0. The SMILES string of the molecule is CN=C(NCCCNC(=O)c1occc1C)NCCOCCC(C)C. The fourth-order valence-electron chi connectivity index (χ4n) is 2.07. The molecule has 1 aromatic rings. The first kappa shape index (κ1) is 21.0. The van der Waals surface area contributed by atoms with Crippen LogP contribution in [0.1, 0.15) is 42.8 Å². The Hall–Kier alpha value is -2.02. The van der Waals surface area contributed by atoms with E-state index in [1.165, 1.54) is 6.26 Å². The Kier molecular flexibility index (Phi) is 10.4. The Labute approximate surface area is 150 Å². The topological polar surface area (TPSA) is 87.9 Å². The maximum Gasteiger partial charge on any atom is 0.287 e. The van der Waals surface area contributed by atoms with E-state index in [-0.39, 0.29) is 5.91 Å². The van der Waals surface area contributed by atoms with Crippen LogP contribution in [0.3, 0.4) is 0 Å². The first-order chi connectivity index (χ1) is 12.0. The number of amides is 1. The molecule has 0 aliphatic rings. The zero-order chi connectivity index (χ0) is 18.5. The van der Waals surface area contributed by atoms with E-state index in [4.69, 9.17) is 9.15 Å². The van der Waals surface area contributed by atoms with Gasteiger partial charge >= 0.3 is 0 Å². The molecular formula is C18H32N4O3. The summed E-state index contributed by atoms with van der Waals surface area (Å²) in [7, 11) is 1.73. The van der Waals surface area contributed by atoms with Crippen LogP contribution in [0.2, 0.25) is 0 Å². The first-order valence-corrected chi connectivity index (χ1v) is 8.89. The molecule has 1 aromatic heterocycles. The number of hydrogen-bond donors (Lipinski definition) is 3. The fraction of sp³-hybridized carbons (Fsp3) is 0.667. The van der Waals surface area contributed by atoms with Crippen LogP contribution in [0.5, 0.6) is 0 Å². The van der Waals surface area contributed by atoms with Gasteiger partial charge in [0.15, 0.2) is 11.7 Å². The van der Waals surface area contributed by atoms with Gasteiger partial charge < -0.3 is 25.1 Å². The van der Waals surface area contributed by atoms with Crippen molar-refractivity contribution in [1.29, 1.82) is 0 Å². The summed E-state index contributed by atoms with van der Waals surface area (Å²) in [5, 5.41) is 9.25. The van der Waals surface area contributed by atoms with Gasteiger partial charge in [0.1, 0.15) is 0 Å². The van der Waals surface area contributed by atoms with Crippen molar-refractivity contribution in [2.45, 2.75) is 33.6 Å². The van der Waals surface area contributed by atoms with Crippen LogP contribution < -0.4 is 16.0 Å². The minimum Gasteiger partial charge on any atom is -0.459 e. The third kappa shape index (κ3) is 9.14. The molecule has 1 heterocycles. The van der Waals surface area contributed by atoms with Crippen LogP contribution in [0, 0.1) is 12.8 Å². The maximum atomic E-state index is 11.9. The molecule has 7 heteroatoms. The average Bonchev–Trinajstić information content (AvgIpc) is 3.01. The third-order valence-corrected chi connectivity index (χ3v) is 3.60. The molecule has 142 valence electrons. The number of rotatable bonds is 11. The molecule has 0 aromatic carbocycles. The van der Waals surface area contributed by atoms with Gasteiger partial charge in [-0.1, -0.05) is 13.8 Å². The highest BCUT2D eigenvalue weighted by molar-refractivity contribution is 5.92. The van der Waals surface area contributed by atoms with E-state index >= 15 is 0 Å². The molecule has 1 amide bonds. The van der Waals surface area contributed by atoms with Crippen molar-refractivity contribution in [1.82, 2.24) is 16.0 Å². The molecule has 0 fully saturated rings. The van der Waals surface area contributed by atoms with Gasteiger partial charge in [-0.05, 0) is 31.7 Å². The lowest BCUT2D eigenvalue weighted by molar-refractivity contribution is 0.0925. The number of aliphatic imine (C=N–C) groups is 1. The molecule has 0 aliphatic carbocycles. The number of hydrogen-bond acceptors (Lipinski definition) is 4. The molecule has 0 saturated heterocycles. The number of aryl methyl sites for hydroxylation is 1. The fourth-order valence-corrected chi connectivity index (χ4v) is 2.07. The summed E-state index contributed by atoms with van der Waals surface area (Å²) in [5.74, 6) is 1.60. The minimum atomic E-state index is -0.177. The van der Waals surface area contributed by atoms with Crippen LogP contribution in [0.25, 0.3) is 0 Å². The first-order valence-electron chi connectivity index (χ1n) is 8.89. The Bertz CT molecular complexity index is 526. The van der Waals surface area contributed by atoms with Gasteiger partial charge in [-0.3, -0.25) is 9.79 Å². The number of furan rings is 1. The van der Waals surface area contributed by atoms with Gasteiger partial charge in [-0.25, -0.2) is 0 Å². The van der Waals surface area contributed by atoms with Crippen molar-refractivity contribution < 1.29 is 13.9 Å². The smallest absolute Gasteiger partial charge is 0.287 e. The second kappa shape index (κ2) is 12.4. The molecule has 1 rings (SSSR count). The van der Waals surface area contributed by atoms with Crippen LogP contribution >= 0.6 is 0 Å². The van der Waals surface area contributed by atoms with Crippen molar-refractivity contribution in [2.24, 2.45) is 10.9 Å². The largest absolute Gasteiger partial charge is 0.459 e. The number of nitrogens with one attached hydrogen (secondary N) is 3. The molecule has 0 atom stereocenters. The lowest BCUT2D eigenvalue weighted by Gasteiger charge is -2.12. The summed E-state index contributed by atoms with van der Waals surface area (Å²) in [4.78, 5) is 16.0. The van der Waals surface area contributed by atoms with Crippen LogP contribution in [-0.4, -0.2) is 51.8 Å². The zero-order valence-corrected chi connectivity index (χ0v) is 15.9. The normalized spacial score (nSPS) is 11.6. The minimum absolute atomic E-state index is 0.177. The van der Waals surface area contributed by atoms with Gasteiger partial charge in [-0.2, -0.15) is 0 Å².